The molecule has 1 heterocycles. The summed E-state index contributed by atoms with van der Waals surface area (Å²) in [5.74, 6) is 1.65. The van der Waals surface area contributed by atoms with Crippen molar-refractivity contribution in [2.75, 3.05) is 6.54 Å². The van der Waals surface area contributed by atoms with Gasteiger partial charge in [-0.3, -0.25) is 0 Å². The molecule has 2 nitrogen and oxygen atoms in total. The smallest absolute Gasteiger partial charge is 0.123 e. The molecule has 0 saturated heterocycles. The van der Waals surface area contributed by atoms with E-state index in [-0.39, 0.29) is 5.60 Å². The topological polar surface area (TPSA) is 21.3 Å². The standard InChI is InChI=1S/C16H25NO/c1-6-17-15(11(2)3)12-7-8-14-13(9-12)10-16(4,5)18-14/h7-9,11,15,17H,6,10H2,1-5H3. The zero-order valence-electron chi connectivity index (χ0n) is 12.2. The number of rotatable bonds is 4. The van der Waals surface area contributed by atoms with Crippen LogP contribution in [-0.4, -0.2) is 12.1 Å². The SMILES string of the molecule is CCNC(c1ccc2c(c1)CC(C)(C)O2)C(C)C. The lowest BCUT2D eigenvalue weighted by molar-refractivity contribution is 0.138. The van der Waals surface area contributed by atoms with Crippen molar-refractivity contribution in [3.8, 4) is 5.75 Å². The minimum Gasteiger partial charge on any atom is -0.487 e. The monoisotopic (exact) mass is 247 g/mol. The van der Waals surface area contributed by atoms with Gasteiger partial charge >= 0.3 is 0 Å². The summed E-state index contributed by atoms with van der Waals surface area (Å²) in [6.07, 6.45) is 1.01. The van der Waals surface area contributed by atoms with E-state index >= 15 is 0 Å². The maximum absolute atomic E-state index is 5.93. The first-order valence-corrected chi connectivity index (χ1v) is 6.98. The number of ether oxygens (including phenoxy) is 1. The predicted octanol–water partition coefficient (Wildman–Crippen LogP) is 3.71. The maximum atomic E-state index is 5.93. The van der Waals surface area contributed by atoms with E-state index in [1.807, 2.05) is 0 Å². The molecule has 100 valence electrons. The first kappa shape index (κ1) is 13.4. The van der Waals surface area contributed by atoms with E-state index in [0.717, 1.165) is 18.7 Å². The molecule has 2 rings (SSSR count). The van der Waals surface area contributed by atoms with Crippen LogP contribution in [0.25, 0.3) is 0 Å². The van der Waals surface area contributed by atoms with Gasteiger partial charge in [-0.15, -0.1) is 0 Å². The van der Waals surface area contributed by atoms with Gasteiger partial charge in [-0.1, -0.05) is 32.9 Å². The number of nitrogens with one attached hydrogen (secondary N) is 1. The van der Waals surface area contributed by atoms with Crippen LogP contribution in [0.15, 0.2) is 18.2 Å². The number of fused-ring (bicyclic) bond motifs is 1. The molecule has 1 N–H and O–H groups in total. The molecule has 1 aliphatic rings. The Labute approximate surface area is 111 Å². The minimum absolute atomic E-state index is 0.0491. The summed E-state index contributed by atoms with van der Waals surface area (Å²) >= 11 is 0. The second-order valence-electron chi connectivity index (χ2n) is 6.19. The number of hydrogen-bond donors (Lipinski definition) is 1. The summed E-state index contributed by atoms with van der Waals surface area (Å²) < 4.78 is 5.93. The number of hydrogen-bond acceptors (Lipinski definition) is 2. The molecule has 1 aromatic carbocycles. The first-order valence-electron chi connectivity index (χ1n) is 6.98. The fourth-order valence-corrected chi connectivity index (χ4v) is 2.78. The van der Waals surface area contributed by atoms with Gasteiger partial charge in [-0.05, 0) is 43.5 Å². The van der Waals surface area contributed by atoms with Crippen LogP contribution in [0.2, 0.25) is 0 Å². The highest BCUT2D eigenvalue weighted by molar-refractivity contribution is 5.42. The molecule has 2 heteroatoms. The molecule has 1 atom stereocenters. The predicted molar refractivity (Wildman–Crippen MR) is 76.1 cm³/mol. The van der Waals surface area contributed by atoms with Crippen molar-refractivity contribution >= 4 is 0 Å². The van der Waals surface area contributed by atoms with Crippen LogP contribution in [-0.2, 0) is 6.42 Å². The summed E-state index contributed by atoms with van der Waals surface area (Å²) in [6, 6.07) is 7.08. The van der Waals surface area contributed by atoms with Crippen molar-refractivity contribution in [3.63, 3.8) is 0 Å². The third-order valence-corrected chi connectivity index (χ3v) is 3.54. The zero-order valence-corrected chi connectivity index (χ0v) is 12.2. The Hall–Kier alpha value is -1.02. The summed E-state index contributed by atoms with van der Waals surface area (Å²) in [7, 11) is 0. The summed E-state index contributed by atoms with van der Waals surface area (Å²) in [5, 5.41) is 3.57. The molecule has 0 amide bonds. The van der Waals surface area contributed by atoms with Gasteiger partial charge in [-0.25, -0.2) is 0 Å². The average molecular weight is 247 g/mol. The van der Waals surface area contributed by atoms with Crippen molar-refractivity contribution in [3.05, 3.63) is 29.3 Å². The van der Waals surface area contributed by atoms with Crippen molar-refractivity contribution in [1.29, 1.82) is 0 Å². The summed E-state index contributed by atoms with van der Waals surface area (Å²) in [6.45, 7) is 12.0. The van der Waals surface area contributed by atoms with Crippen LogP contribution < -0.4 is 10.1 Å². The quantitative estimate of drug-likeness (QED) is 0.876. The lowest BCUT2D eigenvalue weighted by Crippen LogP contribution is -2.25. The van der Waals surface area contributed by atoms with E-state index in [1.165, 1.54) is 11.1 Å². The summed E-state index contributed by atoms with van der Waals surface area (Å²) in [4.78, 5) is 0. The first-order chi connectivity index (χ1) is 8.43. The molecule has 0 aromatic heterocycles. The highest BCUT2D eigenvalue weighted by Gasteiger charge is 2.30. The molecule has 18 heavy (non-hydrogen) atoms. The largest absolute Gasteiger partial charge is 0.487 e. The Morgan fingerprint density at radius 2 is 2.06 bits per heavy atom. The Kier molecular flexibility index (Phi) is 3.67. The van der Waals surface area contributed by atoms with Crippen LogP contribution in [0.3, 0.4) is 0 Å². The van der Waals surface area contributed by atoms with Gasteiger partial charge in [-0.2, -0.15) is 0 Å². The Balaban J connectivity index is 2.27. The zero-order chi connectivity index (χ0) is 13.3. The molecular formula is C16H25NO. The third-order valence-electron chi connectivity index (χ3n) is 3.54. The van der Waals surface area contributed by atoms with Crippen LogP contribution in [0.1, 0.15) is 51.8 Å². The van der Waals surface area contributed by atoms with Crippen molar-refractivity contribution in [2.45, 2.75) is 52.7 Å². The van der Waals surface area contributed by atoms with Crippen LogP contribution in [0, 0.1) is 5.92 Å². The van der Waals surface area contributed by atoms with Crippen LogP contribution >= 0.6 is 0 Å². The van der Waals surface area contributed by atoms with E-state index in [2.05, 4.69) is 58.1 Å². The Morgan fingerprint density at radius 3 is 2.67 bits per heavy atom. The van der Waals surface area contributed by atoms with Gasteiger partial charge < -0.3 is 10.1 Å². The fraction of sp³-hybridized carbons (Fsp3) is 0.625. The van der Waals surface area contributed by atoms with Crippen LogP contribution in [0.4, 0.5) is 0 Å². The normalized spacial score (nSPS) is 18.6. The van der Waals surface area contributed by atoms with Gasteiger partial charge in [0.15, 0.2) is 0 Å². The van der Waals surface area contributed by atoms with E-state index in [0.29, 0.717) is 12.0 Å². The maximum Gasteiger partial charge on any atom is 0.123 e. The molecule has 0 saturated carbocycles. The fourth-order valence-electron chi connectivity index (χ4n) is 2.78. The third kappa shape index (κ3) is 2.69. The Bertz CT molecular complexity index is 423. The van der Waals surface area contributed by atoms with E-state index < -0.39 is 0 Å². The van der Waals surface area contributed by atoms with E-state index in [1.54, 1.807) is 0 Å². The lowest BCUT2D eigenvalue weighted by Gasteiger charge is -2.22. The molecule has 0 aliphatic carbocycles. The average Bonchev–Trinajstić information content (AvgIpc) is 2.58. The molecule has 0 bridgehead atoms. The van der Waals surface area contributed by atoms with Gasteiger partial charge in [0.2, 0.25) is 0 Å². The molecule has 0 radical (unpaired) electrons. The highest BCUT2D eigenvalue weighted by atomic mass is 16.5. The minimum atomic E-state index is -0.0491. The lowest BCUT2D eigenvalue weighted by atomic mass is 9.93. The van der Waals surface area contributed by atoms with Crippen LogP contribution in [0.5, 0.6) is 5.75 Å². The van der Waals surface area contributed by atoms with E-state index in [4.69, 9.17) is 4.74 Å². The van der Waals surface area contributed by atoms with Crippen molar-refractivity contribution in [1.82, 2.24) is 5.32 Å². The molecule has 0 spiro atoms. The summed E-state index contributed by atoms with van der Waals surface area (Å²) in [5.41, 5.74) is 2.68. The molecule has 1 unspecified atom stereocenters. The second-order valence-corrected chi connectivity index (χ2v) is 6.19. The van der Waals surface area contributed by atoms with Crippen molar-refractivity contribution < 1.29 is 4.74 Å². The number of benzene rings is 1. The Morgan fingerprint density at radius 1 is 1.33 bits per heavy atom. The molecule has 1 aliphatic heterocycles. The van der Waals surface area contributed by atoms with Crippen molar-refractivity contribution in [2.24, 2.45) is 5.92 Å². The van der Waals surface area contributed by atoms with Gasteiger partial charge in [0.05, 0.1) is 0 Å². The molecule has 0 fully saturated rings. The van der Waals surface area contributed by atoms with Gasteiger partial charge in [0.1, 0.15) is 11.4 Å². The van der Waals surface area contributed by atoms with E-state index in [9.17, 15) is 0 Å². The second kappa shape index (κ2) is 4.93. The van der Waals surface area contributed by atoms with Gasteiger partial charge in [0, 0.05) is 12.5 Å². The van der Waals surface area contributed by atoms with Gasteiger partial charge in [0.25, 0.3) is 0 Å². The highest BCUT2D eigenvalue weighted by Crippen LogP contribution is 2.37. The molecular weight excluding hydrogens is 222 g/mol. The molecule has 1 aromatic rings.